The van der Waals surface area contributed by atoms with Crippen molar-refractivity contribution in [2.45, 2.75) is 4.21 Å². The zero-order valence-corrected chi connectivity index (χ0v) is 19.6. The highest BCUT2D eigenvalue weighted by atomic mass is 35.5. The molecule has 5 rings (SSSR count). The Labute approximate surface area is 199 Å². The lowest BCUT2D eigenvalue weighted by Crippen LogP contribution is -2.50. The average Bonchev–Trinajstić information content (AvgIpc) is 3.28. The third-order valence-electron chi connectivity index (χ3n) is 5.44. The van der Waals surface area contributed by atoms with Gasteiger partial charge < -0.3 is 4.90 Å². The predicted octanol–water partition coefficient (Wildman–Crippen LogP) is 3.55. The van der Waals surface area contributed by atoms with Crippen molar-refractivity contribution in [3.63, 3.8) is 0 Å². The highest BCUT2D eigenvalue weighted by Crippen LogP contribution is 2.33. The van der Waals surface area contributed by atoms with Crippen LogP contribution in [-0.2, 0) is 10.0 Å². The molecule has 168 valence electrons. The van der Waals surface area contributed by atoms with Gasteiger partial charge >= 0.3 is 0 Å². The molecule has 4 heterocycles. The minimum Gasteiger partial charge on any atom is -0.333 e. The van der Waals surface area contributed by atoms with Gasteiger partial charge in [-0.05, 0) is 41.3 Å². The summed E-state index contributed by atoms with van der Waals surface area (Å²) in [4.78, 5) is 26.8. The topological polar surface area (TPSA) is 96.4 Å². The van der Waals surface area contributed by atoms with Crippen molar-refractivity contribution in [1.29, 1.82) is 0 Å². The molecular formula is C22H18ClN5O3S2. The summed E-state index contributed by atoms with van der Waals surface area (Å²) >= 11 is 7.22. The standard InChI is InChI=1S/C22H18ClN5O3S2/c23-18-2-1-16-11-20(32-19(16)12-18)33(30,31)28-9-7-27(8-10-28)22(29)21-25-13-17(14-26-21)15-3-5-24-6-4-15/h1-6,11-14H,7-10H2. The van der Waals surface area contributed by atoms with Gasteiger partial charge in [-0.1, -0.05) is 17.7 Å². The number of amides is 1. The van der Waals surface area contributed by atoms with Gasteiger partial charge in [0.2, 0.25) is 5.82 Å². The molecule has 0 bridgehead atoms. The lowest BCUT2D eigenvalue weighted by molar-refractivity contribution is 0.0685. The summed E-state index contributed by atoms with van der Waals surface area (Å²) in [6, 6.07) is 10.7. The maximum atomic E-state index is 13.1. The van der Waals surface area contributed by atoms with Crippen LogP contribution in [-0.4, -0.2) is 64.7 Å². The number of sulfonamides is 1. The maximum Gasteiger partial charge on any atom is 0.291 e. The predicted molar refractivity (Wildman–Crippen MR) is 127 cm³/mol. The smallest absolute Gasteiger partial charge is 0.291 e. The van der Waals surface area contributed by atoms with Crippen LogP contribution in [0.4, 0.5) is 0 Å². The van der Waals surface area contributed by atoms with Crippen LogP contribution in [0.25, 0.3) is 21.2 Å². The third-order valence-corrected chi connectivity index (χ3v) is 9.12. The van der Waals surface area contributed by atoms with E-state index in [0.717, 1.165) is 21.2 Å². The number of rotatable bonds is 4. The number of fused-ring (bicyclic) bond motifs is 1. The van der Waals surface area contributed by atoms with E-state index in [1.807, 2.05) is 18.2 Å². The van der Waals surface area contributed by atoms with Crippen molar-refractivity contribution < 1.29 is 13.2 Å². The molecule has 0 radical (unpaired) electrons. The Bertz CT molecular complexity index is 1420. The van der Waals surface area contributed by atoms with Gasteiger partial charge in [-0.3, -0.25) is 9.78 Å². The number of carbonyl (C=O) groups excluding carboxylic acids is 1. The van der Waals surface area contributed by atoms with E-state index in [2.05, 4.69) is 15.0 Å². The van der Waals surface area contributed by atoms with E-state index in [4.69, 9.17) is 11.6 Å². The van der Waals surface area contributed by atoms with Gasteiger partial charge in [-0.15, -0.1) is 11.3 Å². The van der Waals surface area contributed by atoms with E-state index in [0.29, 0.717) is 5.02 Å². The second kappa shape index (κ2) is 8.79. The van der Waals surface area contributed by atoms with Gasteiger partial charge in [-0.25, -0.2) is 18.4 Å². The minimum absolute atomic E-state index is 0.0884. The van der Waals surface area contributed by atoms with Crippen molar-refractivity contribution in [3.8, 4) is 11.1 Å². The molecule has 1 aliphatic rings. The first-order valence-electron chi connectivity index (χ1n) is 10.1. The number of hydrogen-bond acceptors (Lipinski definition) is 7. The SMILES string of the molecule is O=C(c1ncc(-c2ccncc2)cn1)N1CCN(S(=O)(=O)c2cc3ccc(Cl)cc3s2)CC1. The normalized spacial score (nSPS) is 15.1. The van der Waals surface area contributed by atoms with Crippen LogP contribution in [0.15, 0.2) is 65.4 Å². The molecule has 8 nitrogen and oxygen atoms in total. The van der Waals surface area contributed by atoms with Crippen LogP contribution in [0.1, 0.15) is 10.6 Å². The molecule has 33 heavy (non-hydrogen) atoms. The molecule has 3 aromatic heterocycles. The lowest BCUT2D eigenvalue weighted by Gasteiger charge is -2.33. The molecular weight excluding hydrogens is 482 g/mol. The highest BCUT2D eigenvalue weighted by Gasteiger charge is 2.32. The molecule has 0 aliphatic carbocycles. The van der Waals surface area contributed by atoms with E-state index < -0.39 is 10.0 Å². The summed E-state index contributed by atoms with van der Waals surface area (Å²) in [6.45, 7) is 0.949. The fourth-order valence-electron chi connectivity index (χ4n) is 3.64. The third kappa shape index (κ3) is 4.34. The van der Waals surface area contributed by atoms with Crippen LogP contribution in [0.5, 0.6) is 0 Å². The summed E-state index contributed by atoms with van der Waals surface area (Å²) in [6.07, 6.45) is 6.56. The van der Waals surface area contributed by atoms with Crippen molar-refractivity contribution in [3.05, 3.63) is 72.0 Å². The summed E-state index contributed by atoms with van der Waals surface area (Å²) in [5.41, 5.74) is 1.70. The fraction of sp³-hybridized carbons (Fsp3) is 0.182. The molecule has 1 aromatic carbocycles. The number of halogens is 1. The number of piperazine rings is 1. The average molecular weight is 500 g/mol. The number of aromatic nitrogens is 3. The first kappa shape index (κ1) is 21.9. The maximum absolute atomic E-state index is 13.1. The number of hydrogen-bond donors (Lipinski definition) is 0. The number of pyridine rings is 1. The molecule has 11 heteroatoms. The summed E-state index contributed by atoms with van der Waals surface area (Å²) in [5, 5.41) is 1.40. The molecule has 0 spiro atoms. The van der Waals surface area contributed by atoms with Crippen LogP contribution in [0.2, 0.25) is 5.02 Å². The van der Waals surface area contributed by atoms with Gasteiger partial charge in [0.05, 0.1) is 0 Å². The van der Waals surface area contributed by atoms with E-state index in [1.165, 1.54) is 15.6 Å². The van der Waals surface area contributed by atoms with Crippen LogP contribution in [0, 0.1) is 0 Å². The Hall–Kier alpha value is -2.92. The molecule has 0 N–H and O–H groups in total. The highest BCUT2D eigenvalue weighted by molar-refractivity contribution is 7.91. The van der Waals surface area contributed by atoms with Crippen molar-refractivity contribution in [2.24, 2.45) is 0 Å². The molecule has 1 amide bonds. The van der Waals surface area contributed by atoms with Gasteiger partial charge in [0.15, 0.2) is 0 Å². The first-order valence-corrected chi connectivity index (χ1v) is 12.8. The number of carbonyl (C=O) groups is 1. The zero-order chi connectivity index (χ0) is 23.0. The summed E-state index contributed by atoms with van der Waals surface area (Å²) in [5.74, 6) is -0.227. The molecule has 0 saturated carbocycles. The van der Waals surface area contributed by atoms with Crippen LogP contribution in [0.3, 0.4) is 0 Å². The Morgan fingerprint density at radius 3 is 2.33 bits per heavy atom. The van der Waals surface area contributed by atoms with Gasteiger partial charge in [0.25, 0.3) is 15.9 Å². The number of thiophene rings is 1. The number of benzene rings is 1. The Morgan fingerprint density at radius 2 is 1.64 bits per heavy atom. The largest absolute Gasteiger partial charge is 0.333 e. The summed E-state index contributed by atoms with van der Waals surface area (Å²) in [7, 11) is -3.65. The lowest BCUT2D eigenvalue weighted by atomic mass is 10.1. The van der Waals surface area contributed by atoms with Crippen LogP contribution >= 0.6 is 22.9 Å². The van der Waals surface area contributed by atoms with E-state index in [-0.39, 0.29) is 42.1 Å². The monoisotopic (exact) mass is 499 g/mol. The van der Waals surface area contributed by atoms with Crippen molar-refractivity contribution in [1.82, 2.24) is 24.2 Å². The molecule has 1 aliphatic heterocycles. The number of nitrogens with zero attached hydrogens (tertiary/aromatic N) is 5. The molecule has 4 aromatic rings. The zero-order valence-electron chi connectivity index (χ0n) is 17.3. The van der Waals surface area contributed by atoms with Gasteiger partial charge in [0, 0.05) is 66.3 Å². The van der Waals surface area contributed by atoms with Gasteiger partial charge in [-0.2, -0.15) is 4.31 Å². The minimum atomic E-state index is -3.65. The van der Waals surface area contributed by atoms with Crippen molar-refractivity contribution in [2.75, 3.05) is 26.2 Å². The fourth-order valence-corrected chi connectivity index (χ4v) is 6.89. The molecule has 0 atom stereocenters. The Kier molecular flexibility index (Phi) is 5.83. The second-order valence-corrected chi connectivity index (χ2v) is 11.2. The molecule has 1 saturated heterocycles. The van der Waals surface area contributed by atoms with E-state index in [9.17, 15) is 13.2 Å². The van der Waals surface area contributed by atoms with Gasteiger partial charge in [0.1, 0.15) is 4.21 Å². The Morgan fingerprint density at radius 1 is 0.939 bits per heavy atom. The van der Waals surface area contributed by atoms with Crippen molar-refractivity contribution >= 4 is 49.0 Å². The Balaban J connectivity index is 1.26. The van der Waals surface area contributed by atoms with E-state index >= 15 is 0 Å². The van der Waals surface area contributed by atoms with E-state index in [1.54, 1.807) is 47.9 Å². The summed E-state index contributed by atoms with van der Waals surface area (Å²) < 4.78 is 28.8. The molecule has 0 unspecified atom stereocenters. The van der Waals surface area contributed by atoms with Crippen LogP contribution < -0.4 is 0 Å². The first-order chi connectivity index (χ1) is 15.9. The second-order valence-electron chi connectivity index (χ2n) is 7.48. The molecule has 1 fully saturated rings. The quantitative estimate of drug-likeness (QED) is 0.426.